The van der Waals surface area contributed by atoms with Crippen LogP contribution in [0.15, 0.2) is 17.5 Å². The van der Waals surface area contributed by atoms with Crippen molar-refractivity contribution in [2.24, 2.45) is 0 Å². The van der Waals surface area contributed by atoms with Gasteiger partial charge in [0, 0.05) is 14.6 Å². The Kier molecular flexibility index (Phi) is 4.27. The summed E-state index contributed by atoms with van der Waals surface area (Å²) >= 11 is 10.1. The van der Waals surface area contributed by atoms with Crippen LogP contribution >= 0.6 is 34.3 Å². The maximum absolute atomic E-state index is 6.33. The quantitative estimate of drug-likeness (QED) is 0.815. The van der Waals surface area contributed by atoms with E-state index >= 15 is 0 Å². The lowest BCUT2D eigenvalue weighted by atomic mass is 10.1. The Labute approximate surface area is 127 Å². The van der Waals surface area contributed by atoms with Gasteiger partial charge in [-0.25, -0.2) is 0 Å². The number of thiophene rings is 2. The zero-order valence-electron chi connectivity index (χ0n) is 11.0. The molecule has 0 fully saturated rings. The highest BCUT2D eigenvalue weighted by molar-refractivity contribution is 7.13. The van der Waals surface area contributed by atoms with Crippen LogP contribution in [0.5, 0.6) is 0 Å². The monoisotopic (exact) mass is 311 g/mol. The molecule has 0 saturated heterocycles. The molecule has 0 aromatic carbocycles. The van der Waals surface area contributed by atoms with Crippen molar-refractivity contribution in [1.82, 2.24) is 5.32 Å². The van der Waals surface area contributed by atoms with Crippen LogP contribution in [0.3, 0.4) is 0 Å². The molecule has 2 aromatic heterocycles. The van der Waals surface area contributed by atoms with Gasteiger partial charge in [0.25, 0.3) is 0 Å². The normalized spacial score (nSPS) is 15.7. The Hall–Kier alpha value is -0.350. The fourth-order valence-corrected chi connectivity index (χ4v) is 5.29. The van der Waals surface area contributed by atoms with Crippen molar-refractivity contribution in [1.29, 1.82) is 0 Å². The molecule has 1 aliphatic rings. The Balaban J connectivity index is 1.92. The van der Waals surface area contributed by atoms with Crippen LogP contribution in [-0.4, -0.2) is 6.54 Å². The van der Waals surface area contributed by atoms with Gasteiger partial charge in [0.1, 0.15) is 0 Å². The Bertz CT molecular complexity index is 537. The smallest absolute Gasteiger partial charge is 0.0780 e. The summed E-state index contributed by atoms with van der Waals surface area (Å²) in [6, 6.07) is 4.68. The maximum Gasteiger partial charge on any atom is 0.0780 e. The minimum absolute atomic E-state index is 0.281. The van der Waals surface area contributed by atoms with E-state index in [1.165, 1.54) is 29.0 Å². The molecule has 2 heterocycles. The van der Waals surface area contributed by atoms with E-state index in [0.717, 1.165) is 18.0 Å². The summed E-state index contributed by atoms with van der Waals surface area (Å²) in [5, 5.41) is 6.63. The molecule has 102 valence electrons. The Morgan fingerprint density at radius 2 is 2.32 bits per heavy atom. The molecule has 0 spiro atoms. The number of fused-ring (bicyclic) bond motifs is 1. The third-order valence-electron chi connectivity index (χ3n) is 3.56. The van der Waals surface area contributed by atoms with E-state index in [1.54, 1.807) is 21.8 Å². The van der Waals surface area contributed by atoms with Crippen LogP contribution in [0.2, 0.25) is 5.02 Å². The third kappa shape index (κ3) is 2.75. The van der Waals surface area contributed by atoms with Crippen LogP contribution in [-0.2, 0) is 12.8 Å². The predicted octanol–water partition coefficient (Wildman–Crippen LogP) is 5.04. The van der Waals surface area contributed by atoms with Crippen molar-refractivity contribution < 1.29 is 0 Å². The number of nitrogens with one attached hydrogen (secondary N) is 1. The molecular weight excluding hydrogens is 294 g/mol. The molecule has 2 aromatic rings. The highest BCUT2D eigenvalue weighted by Gasteiger charge is 2.23. The molecule has 3 rings (SSSR count). The molecule has 1 nitrogen and oxygen atoms in total. The zero-order chi connectivity index (χ0) is 13.2. The van der Waals surface area contributed by atoms with E-state index in [-0.39, 0.29) is 6.04 Å². The number of halogens is 1. The van der Waals surface area contributed by atoms with E-state index in [4.69, 9.17) is 11.6 Å². The minimum Gasteiger partial charge on any atom is -0.305 e. The zero-order valence-corrected chi connectivity index (χ0v) is 13.4. The van der Waals surface area contributed by atoms with Gasteiger partial charge in [0.05, 0.1) is 11.1 Å². The average molecular weight is 312 g/mol. The summed E-state index contributed by atoms with van der Waals surface area (Å²) < 4.78 is 0. The van der Waals surface area contributed by atoms with Gasteiger partial charge in [-0.3, -0.25) is 0 Å². The SMILES string of the molecule is CCCNC(c1cc2c(s1)CCC2)c1sccc1Cl. The third-order valence-corrected chi connectivity index (χ3v) is 6.28. The second-order valence-corrected chi connectivity index (χ2v) is 7.49. The summed E-state index contributed by atoms with van der Waals surface area (Å²) in [5.74, 6) is 0. The highest BCUT2D eigenvalue weighted by atomic mass is 35.5. The molecule has 4 heteroatoms. The van der Waals surface area contributed by atoms with Gasteiger partial charge >= 0.3 is 0 Å². The molecule has 1 N–H and O–H groups in total. The molecule has 0 aliphatic heterocycles. The second kappa shape index (κ2) is 5.96. The van der Waals surface area contributed by atoms with Crippen molar-refractivity contribution in [3.05, 3.63) is 42.7 Å². The fourth-order valence-electron chi connectivity index (χ4n) is 2.62. The predicted molar refractivity (Wildman–Crippen MR) is 85.8 cm³/mol. The highest BCUT2D eigenvalue weighted by Crippen LogP contribution is 2.39. The van der Waals surface area contributed by atoms with Crippen molar-refractivity contribution in [2.75, 3.05) is 6.54 Å². The van der Waals surface area contributed by atoms with E-state index in [0.29, 0.717) is 0 Å². The van der Waals surface area contributed by atoms with Gasteiger partial charge < -0.3 is 5.32 Å². The lowest BCUT2D eigenvalue weighted by Gasteiger charge is -2.16. The van der Waals surface area contributed by atoms with Crippen molar-refractivity contribution in [3.8, 4) is 0 Å². The topological polar surface area (TPSA) is 12.0 Å². The van der Waals surface area contributed by atoms with E-state index in [2.05, 4.69) is 23.7 Å². The van der Waals surface area contributed by atoms with Gasteiger partial charge in [-0.05, 0) is 55.3 Å². The number of hydrogen-bond donors (Lipinski definition) is 1. The Morgan fingerprint density at radius 3 is 3.00 bits per heavy atom. The van der Waals surface area contributed by atoms with Gasteiger partial charge in [0.15, 0.2) is 0 Å². The van der Waals surface area contributed by atoms with Crippen LogP contribution < -0.4 is 5.32 Å². The van der Waals surface area contributed by atoms with Crippen molar-refractivity contribution in [2.45, 2.75) is 38.6 Å². The molecule has 0 amide bonds. The van der Waals surface area contributed by atoms with Crippen LogP contribution in [0.4, 0.5) is 0 Å². The lowest BCUT2D eigenvalue weighted by Crippen LogP contribution is -2.21. The second-order valence-electron chi connectivity index (χ2n) is 4.97. The summed E-state index contributed by atoms with van der Waals surface area (Å²) in [4.78, 5) is 4.28. The maximum atomic E-state index is 6.33. The number of hydrogen-bond acceptors (Lipinski definition) is 3. The number of rotatable bonds is 5. The molecule has 1 aliphatic carbocycles. The first-order valence-electron chi connectivity index (χ1n) is 6.87. The van der Waals surface area contributed by atoms with Crippen LogP contribution in [0, 0.1) is 0 Å². The van der Waals surface area contributed by atoms with E-state index in [1.807, 2.05) is 17.4 Å². The molecular formula is C15H18ClNS2. The fraction of sp³-hybridized carbons (Fsp3) is 0.467. The standard InChI is InChI=1S/C15H18ClNS2/c1-2-7-17-14(15-11(16)6-8-18-15)13-9-10-4-3-5-12(10)19-13/h6,8-9,14,17H,2-5,7H2,1H3. The van der Waals surface area contributed by atoms with E-state index < -0.39 is 0 Å². The molecule has 1 unspecified atom stereocenters. The Morgan fingerprint density at radius 1 is 1.42 bits per heavy atom. The first kappa shape index (κ1) is 13.6. The largest absolute Gasteiger partial charge is 0.305 e. The van der Waals surface area contributed by atoms with Crippen molar-refractivity contribution >= 4 is 34.3 Å². The lowest BCUT2D eigenvalue weighted by molar-refractivity contribution is 0.613. The first-order chi connectivity index (χ1) is 9.29. The molecule has 1 atom stereocenters. The number of aryl methyl sites for hydroxylation is 2. The summed E-state index contributed by atoms with van der Waals surface area (Å²) in [5.41, 5.74) is 1.57. The van der Waals surface area contributed by atoms with Gasteiger partial charge in [0.2, 0.25) is 0 Å². The van der Waals surface area contributed by atoms with Gasteiger partial charge in [-0.2, -0.15) is 0 Å². The van der Waals surface area contributed by atoms with Gasteiger partial charge in [-0.1, -0.05) is 18.5 Å². The van der Waals surface area contributed by atoms with Crippen LogP contribution in [0.1, 0.15) is 46.0 Å². The molecule has 0 bridgehead atoms. The molecule has 19 heavy (non-hydrogen) atoms. The van der Waals surface area contributed by atoms with Crippen molar-refractivity contribution in [3.63, 3.8) is 0 Å². The summed E-state index contributed by atoms with van der Waals surface area (Å²) in [6.45, 7) is 3.23. The minimum atomic E-state index is 0.281. The van der Waals surface area contributed by atoms with Gasteiger partial charge in [-0.15, -0.1) is 22.7 Å². The van der Waals surface area contributed by atoms with E-state index in [9.17, 15) is 0 Å². The van der Waals surface area contributed by atoms with Crippen LogP contribution in [0.25, 0.3) is 0 Å². The summed E-state index contributed by atoms with van der Waals surface area (Å²) in [7, 11) is 0. The first-order valence-corrected chi connectivity index (χ1v) is 8.94. The molecule has 0 saturated carbocycles. The average Bonchev–Trinajstić information content (AvgIpc) is 3.06. The molecule has 0 radical (unpaired) electrons. The summed E-state index contributed by atoms with van der Waals surface area (Å²) in [6.07, 6.45) is 4.99.